The summed E-state index contributed by atoms with van der Waals surface area (Å²) in [5.41, 5.74) is 10.4. The molecule has 10 rings (SSSR count). The zero-order valence-corrected chi connectivity index (χ0v) is 24.9. The Hall–Kier alpha value is -5.74. The largest absolute Gasteiger partial charge is 0.439 e. The molecule has 0 aliphatic carbocycles. The van der Waals surface area contributed by atoms with E-state index in [1.165, 1.54) is 38.2 Å². The molecular formula is C41H27N3O. The number of rotatable bonds is 2. The first-order chi connectivity index (χ1) is 22.1. The second-order valence-electron chi connectivity index (χ2n) is 12.6. The van der Waals surface area contributed by atoms with E-state index in [1.54, 1.807) is 0 Å². The van der Waals surface area contributed by atoms with Crippen LogP contribution in [-0.4, -0.2) is 14.5 Å². The third-order valence-electron chi connectivity index (χ3n) is 9.80. The van der Waals surface area contributed by atoms with Crippen molar-refractivity contribution >= 4 is 54.6 Å². The lowest BCUT2D eigenvalue weighted by Crippen LogP contribution is -2.26. The first-order valence-corrected chi connectivity index (χ1v) is 15.4. The highest BCUT2D eigenvalue weighted by Gasteiger charge is 2.36. The summed E-state index contributed by atoms with van der Waals surface area (Å²) in [6.45, 7) is 4.65. The van der Waals surface area contributed by atoms with Gasteiger partial charge in [0.15, 0.2) is 5.82 Å². The minimum absolute atomic E-state index is 0.248. The number of hydrogen-bond donors (Lipinski definition) is 0. The molecule has 0 N–H and O–H groups in total. The topological polar surface area (TPSA) is 43.9 Å². The van der Waals surface area contributed by atoms with Gasteiger partial charge < -0.3 is 4.42 Å². The van der Waals surface area contributed by atoms with Gasteiger partial charge in [0, 0.05) is 32.7 Å². The van der Waals surface area contributed by atoms with Gasteiger partial charge >= 0.3 is 0 Å². The maximum absolute atomic E-state index is 6.57. The molecule has 0 radical (unpaired) electrons. The smallest absolute Gasteiger partial charge is 0.213 e. The van der Waals surface area contributed by atoms with Crippen molar-refractivity contribution in [2.45, 2.75) is 19.3 Å². The van der Waals surface area contributed by atoms with Crippen molar-refractivity contribution in [2.24, 2.45) is 0 Å². The number of hydrogen-bond acceptors (Lipinski definition) is 3. The maximum atomic E-state index is 6.57. The van der Waals surface area contributed by atoms with Crippen LogP contribution in [0.15, 0.2) is 132 Å². The quantitative estimate of drug-likeness (QED) is 0.205. The van der Waals surface area contributed by atoms with Crippen LogP contribution in [-0.2, 0) is 5.41 Å². The van der Waals surface area contributed by atoms with Gasteiger partial charge in [0.05, 0.1) is 27.8 Å². The number of para-hydroxylation sites is 3. The van der Waals surface area contributed by atoms with Crippen molar-refractivity contribution in [2.75, 3.05) is 0 Å². The molecule has 4 heterocycles. The Bertz CT molecular complexity index is 2690. The fraction of sp³-hybridized carbons (Fsp3) is 0.0732. The van der Waals surface area contributed by atoms with Gasteiger partial charge in [0.25, 0.3) is 0 Å². The summed E-state index contributed by atoms with van der Waals surface area (Å²) in [6, 6.07) is 45.0. The predicted molar refractivity (Wildman–Crippen MR) is 184 cm³/mol. The fourth-order valence-electron chi connectivity index (χ4n) is 7.63. The molecule has 0 atom stereocenters. The molecule has 9 aromatic rings. The second-order valence-corrected chi connectivity index (χ2v) is 12.6. The molecule has 1 aliphatic rings. The van der Waals surface area contributed by atoms with Crippen molar-refractivity contribution in [3.63, 3.8) is 0 Å². The molecular weight excluding hydrogens is 550 g/mol. The van der Waals surface area contributed by atoms with E-state index in [2.05, 4.69) is 140 Å². The zero-order valence-electron chi connectivity index (χ0n) is 24.9. The number of fused-ring (bicyclic) bond motifs is 9. The molecule has 0 spiro atoms. The molecule has 212 valence electrons. The standard InChI is InChI=1S/C41H27N3O/c1-41(2)31-18-10-17-30-36-29-15-6-8-20-35(29)45-40(36)44(38(30)31)34-22-21-25(23-32(34)41)39-42-33-19-7-5-14-28(33)37(43-39)27-16-9-12-24-11-3-4-13-26(24)27/h3-23H,1-2H3. The maximum Gasteiger partial charge on any atom is 0.213 e. The zero-order chi connectivity index (χ0) is 29.9. The van der Waals surface area contributed by atoms with Crippen LogP contribution >= 0.6 is 0 Å². The second kappa shape index (κ2) is 8.67. The van der Waals surface area contributed by atoms with Crippen LogP contribution < -0.4 is 0 Å². The highest BCUT2D eigenvalue weighted by molar-refractivity contribution is 6.21. The van der Waals surface area contributed by atoms with Gasteiger partial charge in [-0.25, -0.2) is 9.97 Å². The van der Waals surface area contributed by atoms with Gasteiger partial charge in [-0.05, 0) is 52.2 Å². The molecule has 0 bridgehead atoms. The van der Waals surface area contributed by atoms with Gasteiger partial charge in [-0.15, -0.1) is 0 Å². The van der Waals surface area contributed by atoms with E-state index >= 15 is 0 Å². The Balaban J connectivity index is 1.24. The normalized spacial score (nSPS) is 13.7. The molecule has 4 nitrogen and oxygen atoms in total. The van der Waals surface area contributed by atoms with Crippen molar-refractivity contribution in [1.82, 2.24) is 14.5 Å². The summed E-state index contributed by atoms with van der Waals surface area (Å²) in [5, 5.41) is 6.98. The molecule has 0 fully saturated rings. The average Bonchev–Trinajstić information content (AvgIpc) is 3.62. The minimum atomic E-state index is -0.248. The van der Waals surface area contributed by atoms with Crippen LogP contribution in [0.1, 0.15) is 25.0 Å². The van der Waals surface area contributed by atoms with Crippen molar-refractivity contribution in [1.29, 1.82) is 0 Å². The van der Waals surface area contributed by atoms with Gasteiger partial charge in [0.1, 0.15) is 5.58 Å². The third-order valence-corrected chi connectivity index (χ3v) is 9.80. The van der Waals surface area contributed by atoms with E-state index in [0.717, 1.165) is 55.9 Å². The summed E-state index contributed by atoms with van der Waals surface area (Å²) in [4.78, 5) is 10.4. The van der Waals surface area contributed by atoms with Crippen LogP contribution in [0.4, 0.5) is 0 Å². The summed E-state index contributed by atoms with van der Waals surface area (Å²) in [6.07, 6.45) is 0. The molecule has 1 aliphatic heterocycles. The first-order valence-electron chi connectivity index (χ1n) is 15.4. The number of benzene rings is 6. The molecule has 4 heteroatoms. The molecule has 0 saturated carbocycles. The third kappa shape index (κ3) is 3.26. The summed E-state index contributed by atoms with van der Waals surface area (Å²) < 4.78 is 8.90. The summed E-state index contributed by atoms with van der Waals surface area (Å²) in [7, 11) is 0. The lowest BCUT2D eigenvalue weighted by Gasteiger charge is -2.34. The van der Waals surface area contributed by atoms with Crippen molar-refractivity contribution in [3.05, 3.63) is 139 Å². The summed E-state index contributed by atoms with van der Waals surface area (Å²) in [5.74, 6) is 0.723. The minimum Gasteiger partial charge on any atom is -0.439 e. The number of furan rings is 1. The van der Waals surface area contributed by atoms with Gasteiger partial charge in [0.2, 0.25) is 5.71 Å². The molecule has 45 heavy (non-hydrogen) atoms. The fourth-order valence-corrected chi connectivity index (χ4v) is 7.63. The van der Waals surface area contributed by atoms with Gasteiger partial charge in [-0.1, -0.05) is 111 Å². The SMILES string of the molecule is CC1(C)c2cc(-c3nc(-c4cccc5ccccc45)c4ccccc4n3)ccc2-n2c3oc4ccccc4c3c3cccc1c32. The molecule has 0 saturated heterocycles. The highest BCUT2D eigenvalue weighted by Crippen LogP contribution is 2.50. The van der Waals surface area contributed by atoms with E-state index < -0.39 is 0 Å². The van der Waals surface area contributed by atoms with E-state index in [1.807, 2.05) is 6.07 Å². The first kappa shape index (κ1) is 24.7. The van der Waals surface area contributed by atoms with Crippen LogP contribution in [0.5, 0.6) is 0 Å². The lowest BCUT2D eigenvalue weighted by molar-refractivity contribution is 0.612. The highest BCUT2D eigenvalue weighted by atomic mass is 16.3. The van der Waals surface area contributed by atoms with Crippen molar-refractivity contribution in [3.8, 4) is 28.3 Å². The Morgan fingerprint density at radius 3 is 2.27 bits per heavy atom. The number of aromatic nitrogens is 3. The number of nitrogens with zero attached hydrogens (tertiary/aromatic N) is 3. The van der Waals surface area contributed by atoms with Gasteiger partial charge in [-0.2, -0.15) is 0 Å². The van der Waals surface area contributed by atoms with E-state index in [0.29, 0.717) is 0 Å². The molecule has 0 amide bonds. The van der Waals surface area contributed by atoms with Crippen LogP contribution in [0.2, 0.25) is 0 Å². The van der Waals surface area contributed by atoms with Crippen LogP contribution in [0.25, 0.3) is 83.0 Å². The lowest BCUT2D eigenvalue weighted by atomic mass is 9.74. The summed E-state index contributed by atoms with van der Waals surface area (Å²) >= 11 is 0. The molecule has 6 aromatic carbocycles. The monoisotopic (exact) mass is 577 g/mol. The van der Waals surface area contributed by atoms with E-state index in [-0.39, 0.29) is 5.41 Å². The van der Waals surface area contributed by atoms with Crippen molar-refractivity contribution < 1.29 is 4.42 Å². The van der Waals surface area contributed by atoms with E-state index in [9.17, 15) is 0 Å². The molecule has 3 aromatic heterocycles. The van der Waals surface area contributed by atoms with Crippen LogP contribution in [0, 0.1) is 0 Å². The Morgan fingerprint density at radius 1 is 0.622 bits per heavy atom. The Labute approximate surface area is 259 Å². The molecule has 0 unspecified atom stereocenters. The van der Waals surface area contributed by atoms with Gasteiger partial charge in [-0.3, -0.25) is 4.57 Å². The van der Waals surface area contributed by atoms with Crippen LogP contribution in [0.3, 0.4) is 0 Å². The predicted octanol–water partition coefficient (Wildman–Crippen LogP) is 10.6. The Kier molecular flexibility index (Phi) is 4.76. The Morgan fingerprint density at radius 2 is 1.36 bits per heavy atom. The average molecular weight is 578 g/mol. The van der Waals surface area contributed by atoms with E-state index in [4.69, 9.17) is 14.4 Å².